The van der Waals surface area contributed by atoms with Crippen LogP contribution >= 0.6 is 0 Å². The normalized spacial score (nSPS) is 10.7. The number of nitrogens with zero attached hydrogens (tertiary/aromatic N) is 2. The molecule has 19 heavy (non-hydrogen) atoms. The molecule has 0 saturated carbocycles. The van der Waals surface area contributed by atoms with E-state index in [1.807, 2.05) is 6.07 Å². The van der Waals surface area contributed by atoms with Crippen LogP contribution in [0.2, 0.25) is 0 Å². The van der Waals surface area contributed by atoms with Gasteiger partial charge in [0.15, 0.2) is 0 Å². The average molecular weight is 265 g/mol. The highest BCUT2D eigenvalue weighted by atomic mass is 16.3. The lowest BCUT2D eigenvalue weighted by Crippen LogP contribution is -2.36. The lowest BCUT2D eigenvalue weighted by molar-refractivity contribution is -0.130. The molecule has 0 spiro atoms. The van der Waals surface area contributed by atoms with Gasteiger partial charge in [-0.05, 0) is 30.7 Å². The first kappa shape index (κ1) is 15.3. The molecule has 5 heteroatoms. The number of carbonyl (C=O) groups excluding carboxylic acids is 1. The van der Waals surface area contributed by atoms with E-state index in [1.54, 1.807) is 31.1 Å². The number of phenolic OH excluding ortho intramolecular Hbond substituents is 1. The number of likely N-dealkylation sites (N-methyl/N-ethyl adjacent to an activating group) is 1. The van der Waals surface area contributed by atoms with Gasteiger partial charge in [0.25, 0.3) is 0 Å². The summed E-state index contributed by atoms with van der Waals surface area (Å²) in [6, 6.07) is 5.16. The molecular formula is C14H23N3O2. The van der Waals surface area contributed by atoms with Crippen molar-refractivity contribution in [1.29, 1.82) is 0 Å². The van der Waals surface area contributed by atoms with Gasteiger partial charge in [0.05, 0.1) is 12.2 Å². The molecule has 0 saturated heterocycles. The van der Waals surface area contributed by atoms with Gasteiger partial charge in [0.2, 0.25) is 5.91 Å². The molecular weight excluding hydrogens is 242 g/mol. The Hall–Kier alpha value is -1.75. The number of hydrogen-bond acceptors (Lipinski definition) is 4. The molecule has 1 aromatic carbocycles. The molecule has 1 aromatic rings. The Morgan fingerprint density at radius 1 is 1.37 bits per heavy atom. The summed E-state index contributed by atoms with van der Waals surface area (Å²) >= 11 is 0. The second kappa shape index (κ2) is 6.99. The highest BCUT2D eigenvalue weighted by Gasteiger charge is 2.12. The van der Waals surface area contributed by atoms with Crippen LogP contribution in [-0.2, 0) is 11.3 Å². The first-order valence-electron chi connectivity index (χ1n) is 6.44. The number of hydrogen-bond donors (Lipinski definition) is 2. The molecule has 0 atom stereocenters. The van der Waals surface area contributed by atoms with Crippen molar-refractivity contribution in [2.45, 2.75) is 19.9 Å². The van der Waals surface area contributed by atoms with Crippen LogP contribution in [0.1, 0.15) is 18.9 Å². The van der Waals surface area contributed by atoms with Crippen LogP contribution in [0.3, 0.4) is 0 Å². The maximum absolute atomic E-state index is 11.8. The van der Waals surface area contributed by atoms with E-state index < -0.39 is 0 Å². The minimum Gasteiger partial charge on any atom is -0.506 e. The Morgan fingerprint density at radius 2 is 2.05 bits per heavy atom. The van der Waals surface area contributed by atoms with E-state index in [-0.39, 0.29) is 11.7 Å². The van der Waals surface area contributed by atoms with Crippen molar-refractivity contribution < 1.29 is 9.90 Å². The number of carbonyl (C=O) groups is 1. The molecule has 1 amide bonds. The van der Waals surface area contributed by atoms with Crippen molar-refractivity contribution in [2.75, 3.05) is 32.9 Å². The summed E-state index contributed by atoms with van der Waals surface area (Å²) in [4.78, 5) is 15.4. The van der Waals surface area contributed by atoms with Gasteiger partial charge in [-0.15, -0.1) is 0 Å². The number of benzene rings is 1. The van der Waals surface area contributed by atoms with Crippen LogP contribution in [0.4, 0.5) is 5.69 Å². The van der Waals surface area contributed by atoms with Crippen molar-refractivity contribution in [1.82, 2.24) is 9.80 Å². The third-order valence-corrected chi connectivity index (χ3v) is 2.90. The van der Waals surface area contributed by atoms with Gasteiger partial charge in [-0.25, -0.2) is 0 Å². The van der Waals surface area contributed by atoms with Gasteiger partial charge in [0, 0.05) is 20.6 Å². The number of anilines is 1. The lowest BCUT2D eigenvalue weighted by atomic mass is 10.1. The molecule has 0 fully saturated rings. The zero-order valence-corrected chi connectivity index (χ0v) is 11.9. The van der Waals surface area contributed by atoms with E-state index in [4.69, 9.17) is 5.73 Å². The molecule has 0 unspecified atom stereocenters. The number of rotatable bonds is 6. The summed E-state index contributed by atoms with van der Waals surface area (Å²) in [5, 5.41) is 9.40. The second-order valence-electron chi connectivity index (χ2n) is 4.89. The van der Waals surface area contributed by atoms with Crippen LogP contribution < -0.4 is 5.73 Å². The van der Waals surface area contributed by atoms with Crippen molar-refractivity contribution in [3.63, 3.8) is 0 Å². The Balaban J connectivity index is 2.71. The quantitative estimate of drug-likeness (QED) is 0.600. The number of phenols is 1. The predicted octanol–water partition coefficient (Wildman–Crippen LogP) is 1.27. The molecule has 0 radical (unpaired) electrons. The van der Waals surface area contributed by atoms with Gasteiger partial charge in [0.1, 0.15) is 5.75 Å². The lowest BCUT2D eigenvalue weighted by Gasteiger charge is -2.23. The standard InChI is InChI=1S/C14H23N3O2/c1-4-7-17(10-14(19)16(2)3)9-11-5-6-13(18)12(15)8-11/h5-6,8,18H,4,7,9-10,15H2,1-3H3. The minimum atomic E-state index is 0.0835. The summed E-state index contributed by atoms with van der Waals surface area (Å²) in [5.41, 5.74) is 7.04. The fourth-order valence-corrected chi connectivity index (χ4v) is 1.82. The first-order chi connectivity index (χ1) is 8.93. The fraction of sp³-hybridized carbons (Fsp3) is 0.500. The van der Waals surface area contributed by atoms with Gasteiger partial charge >= 0.3 is 0 Å². The predicted molar refractivity (Wildman–Crippen MR) is 76.8 cm³/mol. The maximum Gasteiger partial charge on any atom is 0.236 e. The zero-order chi connectivity index (χ0) is 14.4. The molecule has 106 valence electrons. The topological polar surface area (TPSA) is 69.8 Å². The van der Waals surface area contributed by atoms with Gasteiger partial charge in [-0.1, -0.05) is 13.0 Å². The number of nitrogen functional groups attached to an aromatic ring is 1. The fourth-order valence-electron chi connectivity index (χ4n) is 1.82. The van der Waals surface area contributed by atoms with Crippen molar-refractivity contribution in [3.05, 3.63) is 23.8 Å². The second-order valence-corrected chi connectivity index (χ2v) is 4.89. The highest BCUT2D eigenvalue weighted by molar-refractivity contribution is 5.77. The van der Waals surface area contributed by atoms with E-state index in [1.165, 1.54) is 0 Å². The minimum absolute atomic E-state index is 0.0835. The number of aromatic hydroxyl groups is 1. The smallest absolute Gasteiger partial charge is 0.236 e. The molecule has 0 aromatic heterocycles. The molecule has 1 rings (SSSR count). The van der Waals surface area contributed by atoms with Gasteiger partial charge < -0.3 is 15.7 Å². The average Bonchev–Trinajstić information content (AvgIpc) is 2.34. The Bertz CT molecular complexity index is 433. The van der Waals surface area contributed by atoms with E-state index in [0.29, 0.717) is 18.8 Å². The van der Waals surface area contributed by atoms with E-state index in [9.17, 15) is 9.90 Å². The summed E-state index contributed by atoms with van der Waals surface area (Å²) in [6.45, 7) is 3.97. The maximum atomic E-state index is 11.8. The third kappa shape index (κ3) is 4.79. The van der Waals surface area contributed by atoms with Gasteiger partial charge in [-0.3, -0.25) is 9.69 Å². The molecule has 0 bridgehead atoms. The van der Waals surface area contributed by atoms with E-state index >= 15 is 0 Å². The summed E-state index contributed by atoms with van der Waals surface area (Å²) < 4.78 is 0. The molecule has 3 N–H and O–H groups in total. The summed E-state index contributed by atoms with van der Waals surface area (Å²) in [6.07, 6.45) is 0.980. The van der Waals surface area contributed by atoms with Crippen molar-refractivity contribution >= 4 is 11.6 Å². The number of amides is 1. The Labute approximate surface area is 114 Å². The van der Waals surface area contributed by atoms with Crippen LogP contribution in [0.25, 0.3) is 0 Å². The zero-order valence-electron chi connectivity index (χ0n) is 11.9. The van der Waals surface area contributed by atoms with Gasteiger partial charge in [-0.2, -0.15) is 0 Å². The van der Waals surface area contributed by atoms with E-state index in [0.717, 1.165) is 18.5 Å². The monoisotopic (exact) mass is 265 g/mol. The van der Waals surface area contributed by atoms with Crippen LogP contribution in [0, 0.1) is 0 Å². The number of nitrogens with two attached hydrogens (primary N) is 1. The van der Waals surface area contributed by atoms with E-state index in [2.05, 4.69) is 11.8 Å². The van der Waals surface area contributed by atoms with Crippen molar-refractivity contribution in [2.24, 2.45) is 0 Å². The summed E-state index contributed by atoms with van der Waals surface area (Å²) in [7, 11) is 3.51. The van der Waals surface area contributed by atoms with Crippen LogP contribution in [0.15, 0.2) is 18.2 Å². The SMILES string of the molecule is CCCN(CC(=O)N(C)C)Cc1ccc(O)c(N)c1. The molecule has 5 nitrogen and oxygen atoms in total. The molecule has 0 aliphatic rings. The highest BCUT2D eigenvalue weighted by Crippen LogP contribution is 2.21. The van der Waals surface area contributed by atoms with Crippen molar-refractivity contribution in [3.8, 4) is 5.75 Å². The van der Waals surface area contributed by atoms with Crippen LogP contribution in [0.5, 0.6) is 5.75 Å². The Kier molecular flexibility index (Phi) is 5.63. The Morgan fingerprint density at radius 3 is 2.58 bits per heavy atom. The largest absolute Gasteiger partial charge is 0.506 e. The van der Waals surface area contributed by atoms with Crippen LogP contribution in [-0.4, -0.2) is 48.0 Å². The summed E-state index contributed by atoms with van der Waals surface area (Å²) in [5.74, 6) is 0.176. The molecule has 0 aliphatic heterocycles. The molecule has 0 heterocycles. The molecule has 0 aliphatic carbocycles. The third-order valence-electron chi connectivity index (χ3n) is 2.90. The first-order valence-corrected chi connectivity index (χ1v) is 6.44.